The van der Waals surface area contributed by atoms with Gasteiger partial charge in [0.25, 0.3) is 0 Å². The van der Waals surface area contributed by atoms with Crippen LogP contribution in [0.5, 0.6) is 5.75 Å². The van der Waals surface area contributed by atoms with Crippen molar-refractivity contribution in [2.75, 3.05) is 12.4 Å². The highest BCUT2D eigenvalue weighted by Gasteiger charge is 2.54. The molecule has 1 aromatic heterocycles. The summed E-state index contributed by atoms with van der Waals surface area (Å²) in [6.45, 7) is 0. The predicted octanol–water partition coefficient (Wildman–Crippen LogP) is 3.50. The van der Waals surface area contributed by atoms with Crippen LogP contribution in [0.25, 0.3) is 11.3 Å². The summed E-state index contributed by atoms with van der Waals surface area (Å²) in [6, 6.07) is 7.55. The van der Waals surface area contributed by atoms with Crippen molar-refractivity contribution in [3.63, 3.8) is 0 Å². The number of amides is 1. The Hall–Kier alpha value is -2.41. The molecule has 2 aliphatic rings. The van der Waals surface area contributed by atoms with Crippen LogP contribution in [-0.2, 0) is 9.59 Å². The summed E-state index contributed by atoms with van der Waals surface area (Å²) in [5, 5.41) is 14.7. The summed E-state index contributed by atoms with van der Waals surface area (Å²) in [5.41, 5.74) is 1.71. The molecule has 0 radical (unpaired) electrons. The third kappa shape index (κ3) is 2.96. The molecule has 0 unspecified atom stereocenters. The van der Waals surface area contributed by atoms with E-state index in [1.165, 1.54) is 11.3 Å². The van der Waals surface area contributed by atoms with E-state index < -0.39 is 17.8 Å². The molecule has 2 N–H and O–H groups in total. The van der Waals surface area contributed by atoms with Crippen LogP contribution >= 0.6 is 11.3 Å². The summed E-state index contributed by atoms with van der Waals surface area (Å²) in [7, 11) is 1.62. The number of nitrogens with one attached hydrogen (secondary N) is 1. The quantitative estimate of drug-likeness (QED) is 0.838. The Morgan fingerprint density at radius 3 is 2.54 bits per heavy atom. The fraction of sp³-hybridized carbons (Fsp3) is 0.421. The van der Waals surface area contributed by atoms with E-state index in [0.717, 1.165) is 36.3 Å². The first-order valence-corrected chi connectivity index (χ1v) is 9.58. The first kappa shape index (κ1) is 17.0. The van der Waals surface area contributed by atoms with Gasteiger partial charge in [0.1, 0.15) is 5.75 Å². The monoisotopic (exact) mass is 372 g/mol. The van der Waals surface area contributed by atoms with Crippen molar-refractivity contribution in [1.82, 2.24) is 4.98 Å². The van der Waals surface area contributed by atoms with E-state index in [1.807, 2.05) is 29.6 Å². The number of benzene rings is 1. The molecule has 6 nitrogen and oxygen atoms in total. The van der Waals surface area contributed by atoms with Gasteiger partial charge in [-0.3, -0.25) is 9.59 Å². The Labute approximate surface area is 155 Å². The number of carbonyl (C=O) groups excluding carboxylic acids is 1. The Morgan fingerprint density at radius 1 is 1.19 bits per heavy atom. The van der Waals surface area contributed by atoms with Crippen LogP contribution < -0.4 is 10.1 Å². The average Bonchev–Trinajstić information content (AvgIpc) is 3.37. The number of anilines is 1. The normalized spacial score (nSPS) is 26.7. The number of nitrogens with zero attached hydrogens (tertiary/aromatic N) is 1. The minimum atomic E-state index is -0.851. The molecule has 136 valence electrons. The van der Waals surface area contributed by atoms with E-state index in [1.54, 1.807) is 7.11 Å². The summed E-state index contributed by atoms with van der Waals surface area (Å²) in [4.78, 5) is 28.8. The molecule has 0 spiro atoms. The smallest absolute Gasteiger partial charge is 0.307 e. The van der Waals surface area contributed by atoms with Crippen molar-refractivity contribution in [3.8, 4) is 17.0 Å². The number of hydrogen-bond donors (Lipinski definition) is 2. The van der Waals surface area contributed by atoms with E-state index >= 15 is 0 Å². The maximum atomic E-state index is 12.7. The van der Waals surface area contributed by atoms with Gasteiger partial charge < -0.3 is 15.2 Å². The van der Waals surface area contributed by atoms with E-state index in [2.05, 4.69) is 10.3 Å². The van der Waals surface area contributed by atoms with Gasteiger partial charge in [-0.15, -0.1) is 11.3 Å². The molecule has 2 bridgehead atoms. The highest BCUT2D eigenvalue weighted by atomic mass is 32.1. The molecule has 2 aromatic rings. The van der Waals surface area contributed by atoms with E-state index in [-0.39, 0.29) is 17.7 Å². The predicted molar refractivity (Wildman–Crippen MR) is 98.2 cm³/mol. The molecule has 2 saturated carbocycles. The number of fused-ring (bicyclic) bond motifs is 2. The number of carboxylic acid groups (broad SMARTS) is 1. The average molecular weight is 372 g/mol. The van der Waals surface area contributed by atoms with Gasteiger partial charge in [-0.05, 0) is 55.4 Å². The van der Waals surface area contributed by atoms with Crippen molar-refractivity contribution in [2.24, 2.45) is 23.7 Å². The standard InChI is InChI=1S/C19H20N2O4S/c1-25-13-6-4-10(5-7-13)14-9-26-19(20-14)21-17(22)15-11-2-3-12(8-11)16(15)18(23)24/h4-7,9,11-12,15-16H,2-3,8H2,1H3,(H,23,24)(H,20,21,22)/t11-,12+,15-,16+/m1/s1. The first-order chi connectivity index (χ1) is 12.6. The third-order valence-electron chi connectivity index (χ3n) is 5.62. The van der Waals surface area contributed by atoms with Crippen LogP contribution in [0.4, 0.5) is 5.13 Å². The third-order valence-corrected chi connectivity index (χ3v) is 6.38. The number of aromatic nitrogens is 1. The largest absolute Gasteiger partial charge is 0.497 e. The van der Waals surface area contributed by atoms with Crippen LogP contribution in [0, 0.1) is 23.7 Å². The van der Waals surface area contributed by atoms with Crippen molar-refractivity contribution in [1.29, 1.82) is 0 Å². The number of carbonyl (C=O) groups is 2. The van der Waals surface area contributed by atoms with Gasteiger partial charge in [-0.2, -0.15) is 0 Å². The highest BCUT2D eigenvalue weighted by Crippen LogP contribution is 2.52. The Bertz CT molecular complexity index is 832. The molecular weight excluding hydrogens is 352 g/mol. The SMILES string of the molecule is COc1ccc(-c2csc(NC(=O)[C@@H]3[C@@H]4CC[C@@H](C4)[C@@H]3C(=O)O)n2)cc1. The van der Waals surface area contributed by atoms with Crippen LogP contribution in [0.2, 0.25) is 0 Å². The molecule has 0 saturated heterocycles. The van der Waals surface area contributed by atoms with E-state index in [0.29, 0.717) is 5.13 Å². The summed E-state index contributed by atoms with van der Waals surface area (Å²) < 4.78 is 5.15. The lowest BCUT2D eigenvalue weighted by molar-refractivity contribution is -0.148. The van der Waals surface area contributed by atoms with Gasteiger partial charge >= 0.3 is 5.97 Å². The van der Waals surface area contributed by atoms with Crippen LogP contribution in [0.1, 0.15) is 19.3 Å². The molecule has 4 atom stereocenters. The van der Waals surface area contributed by atoms with Crippen molar-refractivity contribution in [3.05, 3.63) is 29.6 Å². The lowest BCUT2D eigenvalue weighted by Gasteiger charge is -2.26. The fourth-order valence-electron chi connectivity index (χ4n) is 4.44. The minimum absolute atomic E-state index is 0.138. The molecule has 2 aliphatic carbocycles. The topological polar surface area (TPSA) is 88.5 Å². The molecule has 1 amide bonds. The van der Waals surface area contributed by atoms with Gasteiger partial charge in [0.15, 0.2) is 5.13 Å². The Morgan fingerprint density at radius 2 is 1.88 bits per heavy atom. The second kappa shape index (κ2) is 6.72. The number of carboxylic acids is 1. The van der Waals surface area contributed by atoms with Gasteiger partial charge in [-0.1, -0.05) is 0 Å². The van der Waals surface area contributed by atoms with Crippen molar-refractivity contribution < 1.29 is 19.4 Å². The molecule has 1 aromatic carbocycles. The van der Waals surface area contributed by atoms with Crippen molar-refractivity contribution in [2.45, 2.75) is 19.3 Å². The van der Waals surface area contributed by atoms with Crippen LogP contribution in [-0.4, -0.2) is 29.1 Å². The number of ether oxygens (including phenoxy) is 1. The highest BCUT2D eigenvalue weighted by molar-refractivity contribution is 7.14. The van der Waals surface area contributed by atoms with Crippen LogP contribution in [0.15, 0.2) is 29.6 Å². The molecule has 0 aliphatic heterocycles. The second-order valence-corrected chi connectivity index (χ2v) is 7.84. The second-order valence-electron chi connectivity index (χ2n) is 6.98. The van der Waals surface area contributed by atoms with Gasteiger partial charge in [0.05, 0.1) is 24.6 Å². The van der Waals surface area contributed by atoms with Gasteiger partial charge in [-0.25, -0.2) is 4.98 Å². The maximum Gasteiger partial charge on any atom is 0.307 e. The molecule has 1 heterocycles. The molecule has 7 heteroatoms. The first-order valence-electron chi connectivity index (χ1n) is 8.70. The van der Waals surface area contributed by atoms with Crippen LogP contribution in [0.3, 0.4) is 0 Å². The molecule has 26 heavy (non-hydrogen) atoms. The number of hydrogen-bond acceptors (Lipinski definition) is 5. The Balaban J connectivity index is 1.48. The lowest BCUT2D eigenvalue weighted by atomic mass is 9.79. The summed E-state index contributed by atoms with van der Waals surface area (Å²) in [5.74, 6) is -0.972. The van der Waals surface area contributed by atoms with E-state index in [4.69, 9.17) is 4.74 Å². The Kier molecular flexibility index (Phi) is 4.40. The van der Waals surface area contributed by atoms with Gasteiger partial charge in [0, 0.05) is 10.9 Å². The van der Waals surface area contributed by atoms with E-state index in [9.17, 15) is 14.7 Å². The minimum Gasteiger partial charge on any atom is -0.497 e. The number of methoxy groups -OCH3 is 1. The number of aliphatic carboxylic acids is 1. The molecule has 2 fully saturated rings. The zero-order valence-corrected chi connectivity index (χ0v) is 15.2. The van der Waals surface area contributed by atoms with Gasteiger partial charge in [0.2, 0.25) is 5.91 Å². The summed E-state index contributed by atoms with van der Waals surface area (Å²) in [6.07, 6.45) is 2.72. The zero-order chi connectivity index (χ0) is 18.3. The number of rotatable bonds is 5. The number of thiazole rings is 1. The summed E-state index contributed by atoms with van der Waals surface area (Å²) >= 11 is 1.35. The molecule has 4 rings (SSSR count). The zero-order valence-electron chi connectivity index (χ0n) is 14.3. The fourth-order valence-corrected chi connectivity index (χ4v) is 5.16. The van der Waals surface area contributed by atoms with Crippen molar-refractivity contribution >= 4 is 28.3 Å². The molecular formula is C19H20N2O4S. The lowest BCUT2D eigenvalue weighted by Crippen LogP contribution is -2.37. The maximum absolute atomic E-state index is 12.7.